The van der Waals surface area contributed by atoms with Gasteiger partial charge < -0.3 is 0 Å². The minimum Gasteiger partial charge on any atom is -0.272 e. The molecule has 4 nitrogen and oxygen atoms in total. The van der Waals surface area contributed by atoms with Gasteiger partial charge in [-0.3, -0.25) is 9.36 Å². The molecule has 108 valence electrons. The number of hydrogen-bond acceptors (Lipinski definition) is 4. The van der Waals surface area contributed by atoms with Crippen LogP contribution in [0, 0.1) is 12.3 Å². The summed E-state index contributed by atoms with van der Waals surface area (Å²) in [4.78, 5) is 22.4. The van der Waals surface area contributed by atoms with Gasteiger partial charge in [0.05, 0.1) is 17.6 Å². The molecular weight excluding hydrogens is 318 g/mol. The molecule has 1 aromatic carbocycles. The van der Waals surface area contributed by atoms with E-state index in [1.54, 1.807) is 42.6 Å². The number of nitrogens with zero attached hydrogens (tertiary/aromatic N) is 3. The molecule has 0 saturated carbocycles. The summed E-state index contributed by atoms with van der Waals surface area (Å²) in [5.74, 6) is 2.49. The topological polar surface area (TPSA) is 47.2 Å². The van der Waals surface area contributed by atoms with Crippen molar-refractivity contribution >= 4 is 38.8 Å². The molecule has 0 bridgehead atoms. The van der Waals surface area contributed by atoms with Crippen LogP contribution in [-0.4, -0.2) is 9.55 Å². The van der Waals surface area contributed by atoms with Gasteiger partial charge in [-0.15, -0.1) is 6.42 Å². The third-order valence-corrected chi connectivity index (χ3v) is 4.23. The van der Waals surface area contributed by atoms with Crippen molar-refractivity contribution in [3.8, 4) is 12.3 Å². The number of halogens is 1. The van der Waals surface area contributed by atoms with Crippen molar-refractivity contribution in [3.05, 3.63) is 62.8 Å². The molecule has 3 rings (SSSR count). The molecule has 0 fully saturated rings. The fraction of sp³-hybridized carbons (Fsp3) is 0.0625. The van der Waals surface area contributed by atoms with Crippen LogP contribution in [0.2, 0.25) is 5.02 Å². The lowest BCUT2D eigenvalue weighted by Gasteiger charge is -2.04. The van der Waals surface area contributed by atoms with E-state index in [2.05, 4.69) is 15.9 Å². The fourth-order valence-corrected chi connectivity index (χ4v) is 3.04. The maximum absolute atomic E-state index is 12.5. The van der Waals surface area contributed by atoms with E-state index in [-0.39, 0.29) is 12.1 Å². The Morgan fingerprint density at radius 1 is 1.32 bits per heavy atom. The monoisotopic (exact) mass is 327 g/mol. The highest BCUT2D eigenvalue weighted by Gasteiger charge is 2.06. The average molecular weight is 328 g/mol. The Labute approximate surface area is 135 Å². The first-order chi connectivity index (χ1) is 10.7. The van der Waals surface area contributed by atoms with Crippen LogP contribution in [0.4, 0.5) is 5.69 Å². The van der Waals surface area contributed by atoms with E-state index in [1.165, 1.54) is 15.9 Å². The Balaban J connectivity index is 2.32. The van der Waals surface area contributed by atoms with Crippen molar-refractivity contribution in [2.24, 2.45) is 4.99 Å². The number of rotatable bonds is 2. The molecule has 0 amide bonds. The van der Waals surface area contributed by atoms with Gasteiger partial charge in [0.25, 0.3) is 5.56 Å². The van der Waals surface area contributed by atoms with Crippen LogP contribution < -0.4 is 10.4 Å². The standard InChI is InChI=1S/C16H10ClN3OS/c1-2-10-20-15(21)13-4-3-9-18-14(13)22-16(20)19-12-7-5-11(17)6-8-12/h1,3-9H,10H2. The smallest absolute Gasteiger partial charge is 0.263 e. The van der Waals surface area contributed by atoms with E-state index in [1.807, 2.05) is 0 Å². The molecule has 0 aliphatic carbocycles. The number of hydrogen-bond donors (Lipinski definition) is 0. The Kier molecular flexibility index (Phi) is 4.05. The first kappa shape index (κ1) is 14.5. The van der Waals surface area contributed by atoms with Crippen molar-refractivity contribution in [1.29, 1.82) is 0 Å². The summed E-state index contributed by atoms with van der Waals surface area (Å²) in [6.45, 7) is 0.159. The molecule has 0 saturated heterocycles. The van der Waals surface area contributed by atoms with Crippen molar-refractivity contribution in [1.82, 2.24) is 9.55 Å². The molecule has 0 aliphatic rings. The van der Waals surface area contributed by atoms with Gasteiger partial charge in [0, 0.05) is 11.2 Å². The highest BCUT2D eigenvalue weighted by Crippen LogP contribution is 2.16. The van der Waals surface area contributed by atoms with Crippen molar-refractivity contribution < 1.29 is 0 Å². The maximum Gasteiger partial charge on any atom is 0.263 e. The zero-order chi connectivity index (χ0) is 15.5. The summed E-state index contributed by atoms with van der Waals surface area (Å²) in [5, 5.41) is 1.17. The second-order valence-corrected chi connectivity index (χ2v) is 5.82. The van der Waals surface area contributed by atoms with Gasteiger partial charge in [0.1, 0.15) is 4.83 Å². The zero-order valence-corrected chi connectivity index (χ0v) is 12.9. The first-order valence-electron chi connectivity index (χ1n) is 6.41. The Morgan fingerprint density at radius 2 is 2.09 bits per heavy atom. The molecular formula is C16H10ClN3OS. The number of fused-ring (bicyclic) bond motifs is 1. The molecule has 3 aromatic rings. The van der Waals surface area contributed by atoms with Gasteiger partial charge in [-0.05, 0) is 36.4 Å². The number of pyridine rings is 1. The third kappa shape index (κ3) is 2.80. The molecule has 2 heterocycles. The molecule has 0 spiro atoms. The van der Waals surface area contributed by atoms with E-state index >= 15 is 0 Å². The molecule has 0 atom stereocenters. The third-order valence-electron chi connectivity index (χ3n) is 2.97. The summed E-state index contributed by atoms with van der Waals surface area (Å²) in [5.41, 5.74) is 0.508. The number of aromatic nitrogens is 2. The minimum atomic E-state index is -0.187. The summed E-state index contributed by atoms with van der Waals surface area (Å²) in [6.07, 6.45) is 7.02. The van der Waals surface area contributed by atoms with E-state index in [0.717, 1.165) is 0 Å². The molecule has 0 N–H and O–H groups in total. The second-order valence-electron chi connectivity index (χ2n) is 4.42. The van der Waals surface area contributed by atoms with Crippen molar-refractivity contribution in [2.45, 2.75) is 6.54 Å². The Hall–Kier alpha value is -2.42. The number of terminal acetylenes is 1. The van der Waals surface area contributed by atoms with Crippen molar-refractivity contribution in [2.75, 3.05) is 0 Å². The van der Waals surface area contributed by atoms with E-state index in [9.17, 15) is 4.79 Å². The van der Waals surface area contributed by atoms with Gasteiger partial charge in [-0.25, -0.2) is 9.98 Å². The lowest BCUT2D eigenvalue weighted by atomic mass is 10.3. The van der Waals surface area contributed by atoms with Gasteiger partial charge >= 0.3 is 0 Å². The van der Waals surface area contributed by atoms with Gasteiger partial charge in [0.15, 0.2) is 4.80 Å². The predicted molar refractivity (Wildman–Crippen MR) is 89.4 cm³/mol. The van der Waals surface area contributed by atoms with Gasteiger partial charge in [0.2, 0.25) is 0 Å². The van der Waals surface area contributed by atoms with E-state index in [4.69, 9.17) is 18.0 Å². The predicted octanol–water partition coefficient (Wildman–Crippen LogP) is 2.98. The van der Waals surface area contributed by atoms with Crippen LogP contribution >= 0.6 is 22.9 Å². The first-order valence-corrected chi connectivity index (χ1v) is 7.61. The highest BCUT2D eigenvalue weighted by atomic mass is 35.5. The SMILES string of the molecule is C#CCn1c(=Nc2ccc(Cl)cc2)sc2ncccc2c1=O. The van der Waals surface area contributed by atoms with Crippen LogP contribution in [0.3, 0.4) is 0 Å². The quantitative estimate of drug-likeness (QED) is 0.679. The zero-order valence-electron chi connectivity index (χ0n) is 11.4. The normalized spacial score (nSPS) is 11.5. The van der Waals surface area contributed by atoms with Crippen LogP contribution in [0.5, 0.6) is 0 Å². The molecule has 2 aromatic heterocycles. The second kappa shape index (κ2) is 6.14. The van der Waals surface area contributed by atoms with Gasteiger partial charge in [-0.1, -0.05) is 28.9 Å². The minimum absolute atomic E-state index is 0.159. The molecule has 6 heteroatoms. The Bertz CT molecular complexity index is 997. The molecule has 0 unspecified atom stereocenters. The average Bonchev–Trinajstić information content (AvgIpc) is 2.53. The fourth-order valence-electron chi connectivity index (χ4n) is 1.95. The molecule has 22 heavy (non-hydrogen) atoms. The van der Waals surface area contributed by atoms with Crippen molar-refractivity contribution in [3.63, 3.8) is 0 Å². The summed E-state index contributed by atoms with van der Waals surface area (Å²) < 4.78 is 1.48. The van der Waals surface area contributed by atoms with Crippen LogP contribution in [0.1, 0.15) is 0 Å². The van der Waals surface area contributed by atoms with E-state index < -0.39 is 0 Å². The lowest BCUT2D eigenvalue weighted by molar-refractivity contribution is 0.773. The highest BCUT2D eigenvalue weighted by molar-refractivity contribution is 7.15. The van der Waals surface area contributed by atoms with E-state index in [0.29, 0.717) is 25.7 Å². The largest absolute Gasteiger partial charge is 0.272 e. The maximum atomic E-state index is 12.5. The summed E-state index contributed by atoms with van der Waals surface area (Å²) in [7, 11) is 0. The van der Waals surface area contributed by atoms with Crippen LogP contribution in [-0.2, 0) is 6.54 Å². The lowest BCUT2D eigenvalue weighted by Crippen LogP contribution is -2.31. The molecule has 0 radical (unpaired) electrons. The van der Waals surface area contributed by atoms with Gasteiger partial charge in [-0.2, -0.15) is 0 Å². The van der Waals surface area contributed by atoms with Crippen LogP contribution in [0.15, 0.2) is 52.4 Å². The summed E-state index contributed by atoms with van der Waals surface area (Å²) >= 11 is 7.19. The molecule has 0 aliphatic heterocycles. The summed E-state index contributed by atoms with van der Waals surface area (Å²) in [6, 6.07) is 10.5. The van der Waals surface area contributed by atoms with Crippen LogP contribution in [0.25, 0.3) is 10.2 Å². The Morgan fingerprint density at radius 3 is 2.82 bits per heavy atom. The number of benzene rings is 1.